The molecule has 0 heterocycles. The van der Waals surface area contributed by atoms with Crippen LogP contribution in [0.1, 0.15) is 18.4 Å². The average molecular weight is 332 g/mol. The number of nitrogens with one attached hydrogen (secondary N) is 1. The molecular formula is C14H22BrNO3. The van der Waals surface area contributed by atoms with Crippen molar-refractivity contribution in [1.29, 1.82) is 0 Å². The van der Waals surface area contributed by atoms with Crippen LogP contribution in [0.25, 0.3) is 0 Å². The van der Waals surface area contributed by atoms with E-state index in [1.54, 1.807) is 0 Å². The van der Waals surface area contributed by atoms with Gasteiger partial charge in [-0.15, -0.1) is 0 Å². The van der Waals surface area contributed by atoms with Crippen LogP contribution in [0.15, 0.2) is 22.7 Å². The number of rotatable bonds is 9. The van der Waals surface area contributed by atoms with E-state index in [2.05, 4.69) is 21.2 Å². The molecule has 1 aromatic rings. The van der Waals surface area contributed by atoms with Crippen LogP contribution in [0, 0.1) is 6.92 Å². The third-order valence-corrected chi connectivity index (χ3v) is 3.28. The van der Waals surface area contributed by atoms with Crippen LogP contribution in [-0.2, 0) is 0 Å². The van der Waals surface area contributed by atoms with Crippen LogP contribution < -0.4 is 10.1 Å². The van der Waals surface area contributed by atoms with E-state index in [0.717, 1.165) is 35.2 Å². The third-order valence-electron chi connectivity index (χ3n) is 2.66. The van der Waals surface area contributed by atoms with E-state index < -0.39 is 6.10 Å². The third kappa shape index (κ3) is 6.92. The summed E-state index contributed by atoms with van der Waals surface area (Å²) in [5, 5.41) is 21.5. The Morgan fingerprint density at radius 1 is 1.37 bits per heavy atom. The van der Waals surface area contributed by atoms with Gasteiger partial charge < -0.3 is 20.3 Å². The minimum Gasteiger partial charge on any atom is -0.490 e. The van der Waals surface area contributed by atoms with Gasteiger partial charge in [-0.1, -0.05) is 6.07 Å². The number of aliphatic hydroxyl groups excluding tert-OH is 2. The number of hydrogen-bond acceptors (Lipinski definition) is 4. The predicted molar refractivity (Wildman–Crippen MR) is 79.6 cm³/mol. The number of aliphatic hydroxyl groups is 2. The molecule has 19 heavy (non-hydrogen) atoms. The molecule has 5 heteroatoms. The molecule has 1 rings (SSSR count). The molecule has 1 atom stereocenters. The second-order valence-electron chi connectivity index (χ2n) is 4.53. The first kappa shape index (κ1) is 16.4. The summed E-state index contributed by atoms with van der Waals surface area (Å²) in [6.45, 7) is 3.78. The molecule has 1 aromatic carbocycles. The summed E-state index contributed by atoms with van der Waals surface area (Å²) in [4.78, 5) is 0. The van der Waals surface area contributed by atoms with Crippen LogP contribution in [-0.4, -0.2) is 42.6 Å². The Kier molecular flexibility index (Phi) is 8.05. The number of unbranched alkanes of at least 4 members (excludes halogenated alkanes) is 1. The van der Waals surface area contributed by atoms with Gasteiger partial charge in [0.15, 0.2) is 0 Å². The molecule has 3 N–H and O–H groups in total. The Hall–Kier alpha value is -0.620. The molecule has 108 valence electrons. The Balaban J connectivity index is 2.20. The Morgan fingerprint density at radius 2 is 2.16 bits per heavy atom. The zero-order chi connectivity index (χ0) is 14.1. The van der Waals surface area contributed by atoms with Gasteiger partial charge in [-0.3, -0.25) is 0 Å². The number of halogens is 1. The van der Waals surface area contributed by atoms with Crippen LogP contribution >= 0.6 is 15.9 Å². The van der Waals surface area contributed by atoms with Crippen LogP contribution in [0.2, 0.25) is 0 Å². The van der Waals surface area contributed by atoms with Crippen molar-refractivity contribution in [2.75, 3.05) is 26.3 Å². The highest BCUT2D eigenvalue weighted by molar-refractivity contribution is 9.10. The number of ether oxygens (including phenoxy) is 1. The minimum atomic E-state index is -0.540. The van der Waals surface area contributed by atoms with Crippen molar-refractivity contribution in [3.05, 3.63) is 28.2 Å². The molecular weight excluding hydrogens is 310 g/mol. The van der Waals surface area contributed by atoms with Crippen molar-refractivity contribution in [2.24, 2.45) is 0 Å². The van der Waals surface area contributed by atoms with Gasteiger partial charge in [0, 0.05) is 13.2 Å². The summed E-state index contributed by atoms with van der Waals surface area (Å²) in [6, 6.07) is 5.84. The predicted octanol–water partition coefficient (Wildman–Crippen LogP) is 1.86. The zero-order valence-electron chi connectivity index (χ0n) is 11.2. The summed E-state index contributed by atoms with van der Waals surface area (Å²) >= 11 is 3.43. The van der Waals surface area contributed by atoms with Gasteiger partial charge in [-0.2, -0.15) is 0 Å². The summed E-state index contributed by atoms with van der Waals surface area (Å²) in [5.74, 6) is 0.741. The molecule has 1 unspecified atom stereocenters. The second-order valence-corrected chi connectivity index (χ2v) is 5.39. The van der Waals surface area contributed by atoms with Crippen LogP contribution in [0.3, 0.4) is 0 Å². The molecule has 0 bridgehead atoms. The second kappa shape index (κ2) is 9.31. The fraction of sp³-hybridized carbons (Fsp3) is 0.571. The lowest BCUT2D eigenvalue weighted by molar-refractivity contribution is 0.106. The lowest BCUT2D eigenvalue weighted by Crippen LogP contribution is -2.32. The lowest BCUT2D eigenvalue weighted by Gasteiger charge is -2.14. The van der Waals surface area contributed by atoms with Crippen molar-refractivity contribution in [3.8, 4) is 5.75 Å². The first-order valence-electron chi connectivity index (χ1n) is 6.52. The first-order valence-corrected chi connectivity index (χ1v) is 7.31. The van der Waals surface area contributed by atoms with E-state index in [9.17, 15) is 5.11 Å². The van der Waals surface area contributed by atoms with Gasteiger partial charge in [0.05, 0.1) is 4.47 Å². The van der Waals surface area contributed by atoms with Crippen molar-refractivity contribution in [1.82, 2.24) is 5.32 Å². The zero-order valence-corrected chi connectivity index (χ0v) is 12.8. The van der Waals surface area contributed by atoms with E-state index in [4.69, 9.17) is 9.84 Å². The highest BCUT2D eigenvalue weighted by atomic mass is 79.9. The van der Waals surface area contributed by atoms with E-state index in [1.807, 2.05) is 25.1 Å². The molecule has 0 aromatic heterocycles. The highest BCUT2D eigenvalue weighted by Crippen LogP contribution is 2.25. The molecule has 0 fully saturated rings. The standard InChI is InChI=1S/C14H22BrNO3/c1-11-4-5-14(13(15)8-11)19-10-12(18)9-16-6-2-3-7-17/h4-5,8,12,16-18H,2-3,6-7,9-10H2,1H3. The van der Waals surface area contributed by atoms with E-state index >= 15 is 0 Å². The molecule has 0 saturated carbocycles. The van der Waals surface area contributed by atoms with Crippen LogP contribution in [0.5, 0.6) is 5.75 Å². The Labute approximate surface area is 122 Å². The monoisotopic (exact) mass is 331 g/mol. The number of aryl methyl sites for hydroxylation is 1. The van der Waals surface area contributed by atoms with Gasteiger partial charge in [-0.25, -0.2) is 0 Å². The fourth-order valence-corrected chi connectivity index (χ4v) is 2.21. The molecule has 0 radical (unpaired) electrons. The van der Waals surface area contributed by atoms with Gasteiger partial charge in [-0.05, 0) is 59.9 Å². The van der Waals surface area contributed by atoms with Gasteiger partial charge in [0.1, 0.15) is 18.5 Å². The summed E-state index contributed by atoms with van der Waals surface area (Å²) in [7, 11) is 0. The van der Waals surface area contributed by atoms with Gasteiger partial charge >= 0.3 is 0 Å². The summed E-state index contributed by atoms with van der Waals surface area (Å²) < 4.78 is 6.45. The molecule has 0 saturated heterocycles. The fourth-order valence-electron chi connectivity index (χ4n) is 1.60. The first-order chi connectivity index (χ1) is 9.13. The molecule has 0 aliphatic rings. The maximum absolute atomic E-state index is 9.76. The lowest BCUT2D eigenvalue weighted by atomic mass is 10.2. The topological polar surface area (TPSA) is 61.7 Å². The highest BCUT2D eigenvalue weighted by Gasteiger charge is 2.07. The number of hydrogen-bond donors (Lipinski definition) is 3. The molecule has 0 amide bonds. The molecule has 0 aliphatic carbocycles. The molecule has 4 nitrogen and oxygen atoms in total. The average Bonchev–Trinajstić information content (AvgIpc) is 2.37. The number of benzene rings is 1. The molecule has 0 spiro atoms. The van der Waals surface area contributed by atoms with E-state index in [1.165, 1.54) is 0 Å². The van der Waals surface area contributed by atoms with Gasteiger partial charge in [0.25, 0.3) is 0 Å². The normalized spacial score (nSPS) is 12.4. The van der Waals surface area contributed by atoms with Crippen molar-refractivity contribution in [2.45, 2.75) is 25.9 Å². The molecule has 0 aliphatic heterocycles. The quantitative estimate of drug-likeness (QED) is 0.604. The van der Waals surface area contributed by atoms with Crippen molar-refractivity contribution in [3.63, 3.8) is 0 Å². The minimum absolute atomic E-state index is 0.217. The van der Waals surface area contributed by atoms with Crippen molar-refractivity contribution >= 4 is 15.9 Å². The van der Waals surface area contributed by atoms with E-state index in [-0.39, 0.29) is 13.2 Å². The summed E-state index contributed by atoms with van der Waals surface area (Å²) in [5.41, 5.74) is 1.16. The van der Waals surface area contributed by atoms with Crippen molar-refractivity contribution < 1.29 is 14.9 Å². The van der Waals surface area contributed by atoms with Crippen LogP contribution in [0.4, 0.5) is 0 Å². The maximum Gasteiger partial charge on any atom is 0.133 e. The maximum atomic E-state index is 9.76. The Bertz CT molecular complexity index is 374. The Morgan fingerprint density at radius 3 is 2.84 bits per heavy atom. The largest absolute Gasteiger partial charge is 0.490 e. The van der Waals surface area contributed by atoms with E-state index in [0.29, 0.717) is 6.54 Å². The van der Waals surface area contributed by atoms with Gasteiger partial charge in [0.2, 0.25) is 0 Å². The summed E-state index contributed by atoms with van der Waals surface area (Å²) in [6.07, 6.45) is 1.16. The smallest absolute Gasteiger partial charge is 0.133 e. The SMILES string of the molecule is Cc1ccc(OCC(O)CNCCCCO)c(Br)c1.